The summed E-state index contributed by atoms with van der Waals surface area (Å²) in [4.78, 5) is 11.9. The molecule has 0 aliphatic carbocycles. The van der Waals surface area contributed by atoms with E-state index < -0.39 is 0 Å². The van der Waals surface area contributed by atoms with E-state index in [0.29, 0.717) is 5.75 Å². The number of halogens is 1. The molecular formula is C16H16INOS. The molecule has 104 valence electrons. The monoisotopic (exact) mass is 397 g/mol. The molecule has 0 radical (unpaired) electrons. The zero-order valence-corrected chi connectivity index (χ0v) is 14.2. The minimum absolute atomic E-state index is 0.0468. The molecular weight excluding hydrogens is 381 g/mol. The molecule has 1 N–H and O–H groups in total. The van der Waals surface area contributed by atoms with Crippen molar-refractivity contribution >= 4 is 45.9 Å². The van der Waals surface area contributed by atoms with Crippen molar-refractivity contribution in [2.75, 3.05) is 11.1 Å². The van der Waals surface area contributed by atoms with Gasteiger partial charge in [-0.05, 0) is 58.8 Å². The van der Waals surface area contributed by atoms with Gasteiger partial charge in [-0.1, -0.05) is 30.3 Å². The largest absolute Gasteiger partial charge is 0.325 e. The van der Waals surface area contributed by atoms with E-state index in [1.165, 1.54) is 11.1 Å². The van der Waals surface area contributed by atoms with Crippen molar-refractivity contribution in [3.63, 3.8) is 0 Å². The van der Waals surface area contributed by atoms with Crippen LogP contribution in [0.3, 0.4) is 0 Å². The molecule has 2 aromatic carbocycles. The molecule has 0 spiro atoms. The van der Waals surface area contributed by atoms with Crippen LogP contribution in [0.25, 0.3) is 0 Å². The molecule has 20 heavy (non-hydrogen) atoms. The topological polar surface area (TPSA) is 29.1 Å². The van der Waals surface area contributed by atoms with Gasteiger partial charge in [0.15, 0.2) is 0 Å². The molecule has 0 aliphatic rings. The second-order valence-electron chi connectivity index (χ2n) is 4.48. The Hall–Kier alpha value is -1.01. The number of hydrogen-bond acceptors (Lipinski definition) is 2. The molecule has 0 heterocycles. The number of thioether (sulfide) groups is 1. The maximum absolute atomic E-state index is 11.9. The lowest BCUT2D eigenvalue weighted by Gasteiger charge is -2.07. The van der Waals surface area contributed by atoms with Gasteiger partial charge in [0.25, 0.3) is 0 Å². The molecule has 0 saturated heterocycles. The molecule has 0 atom stereocenters. The predicted octanol–water partition coefficient (Wildman–Crippen LogP) is 4.47. The Morgan fingerprint density at radius 1 is 1.20 bits per heavy atom. The quantitative estimate of drug-likeness (QED) is 0.755. The fourth-order valence-corrected chi connectivity index (χ4v) is 3.24. The summed E-state index contributed by atoms with van der Waals surface area (Å²) in [6.45, 7) is 2.10. The Kier molecular flexibility index (Phi) is 5.91. The van der Waals surface area contributed by atoms with Gasteiger partial charge in [-0.2, -0.15) is 0 Å². The third-order valence-electron chi connectivity index (χ3n) is 2.86. The fourth-order valence-electron chi connectivity index (χ4n) is 1.79. The number of aryl methyl sites for hydroxylation is 1. The highest BCUT2D eigenvalue weighted by molar-refractivity contribution is 14.1. The molecule has 0 saturated carbocycles. The van der Waals surface area contributed by atoms with Crippen molar-refractivity contribution in [3.05, 3.63) is 63.2 Å². The molecule has 2 nitrogen and oxygen atoms in total. The van der Waals surface area contributed by atoms with E-state index in [1.54, 1.807) is 11.8 Å². The van der Waals surface area contributed by atoms with Gasteiger partial charge in [0.1, 0.15) is 0 Å². The highest BCUT2D eigenvalue weighted by atomic mass is 127. The SMILES string of the molecule is Cc1ccccc1CSCC(=O)Nc1cccc(I)c1. The lowest BCUT2D eigenvalue weighted by molar-refractivity contribution is -0.113. The van der Waals surface area contributed by atoms with E-state index in [-0.39, 0.29) is 5.91 Å². The van der Waals surface area contributed by atoms with Crippen LogP contribution < -0.4 is 5.32 Å². The van der Waals surface area contributed by atoms with Crippen molar-refractivity contribution in [2.45, 2.75) is 12.7 Å². The number of nitrogens with one attached hydrogen (secondary N) is 1. The number of rotatable bonds is 5. The van der Waals surface area contributed by atoms with Crippen molar-refractivity contribution in [3.8, 4) is 0 Å². The van der Waals surface area contributed by atoms with Crippen LogP contribution in [0.4, 0.5) is 5.69 Å². The molecule has 1 amide bonds. The zero-order chi connectivity index (χ0) is 14.4. The summed E-state index contributed by atoms with van der Waals surface area (Å²) in [6, 6.07) is 16.1. The minimum Gasteiger partial charge on any atom is -0.325 e. The van der Waals surface area contributed by atoms with Crippen LogP contribution in [0.15, 0.2) is 48.5 Å². The average molecular weight is 397 g/mol. The van der Waals surface area contributed by atoms with Crippen molar-refractivity contribution < 1.29 is 4.79 Å². The summed E-state index contributed by atoms with van der Waals surface area (Å²) >= 11 is 3.87. The van der Waals surface area contributed by atoms with Crippen LogP contribution in [0.1, 0.15) is 11.1 Å². The summed E-state index contributed by atoms with van der Waals surface area (Å²) in [5.41, 5.74) is 3.43. The van der Waals surface area contributed by atoms with Crippen LogP contribution in [-0.4, -0.2) is 11.7 Å². The van der Waals surface area contributed by atoms with Gasteiger partial charge in [0.05, 0.1) is 5.75 Å². The standard InChI is InChI=1S/C16H16INOS/c1-12-5-2-3-6-13(12)10-20-11-16(19)18-15-8-4-7-14(17)9-15/h2-9H,10-11H2,1H3,(H,18,19). The predicted molar refractivity (Wildman–Crippen MR) is 95.1 cm³/mol. The van der Waals surface area contributed by atoms with Crippen LogP contribution in [-0.2, 0) is 10.5 Å². The smallest absolute Gasteiger partial charge is 0.234 e. The van der Waals surface area contributed by atoms with E-state index in [2.05, 4.69) is 47.0 Å². The van der Waals surface area contributed by atoms with Crippen molar-refractivity contribution in [1.82, 2.24) is 0 Å². The molecule has 0 aliphatic heterocycles. The van der Waals surface area contributed by atoms with Crippen LogP contribution in [0.5, 0.6) is 0 Å². The summed E-state index contributed by atoms with van der Waals surface area (Å²) in [7, 11) is 0. The number of hydrogen-bond donors (Lipinski definition) is 1. The first kappa shape index (κ1) is 15.4. The first-order valence-electron chi connectivity index (χ1n) is 6.33. The number of carbonyl (C=O) groups is 1. The van der Waals surface area contributed by atoms with Crippen molar-refractivity contribution in [2.24, 2.45) is 0 Å². The number of benzene rings is 2. The van der Waals surface area contributed by atoms with Gasteiger partial charge in [-0.3, -0.25) is 4.79 Å². The van der Waals surface area contributed by atoms with E-state index in [4.69, 9.17) is 0 Å². The van der Waals surface area contributed by atoms with Gasteiger partial charge in [-0.15, -0.1) is 11.8 Å². The highest BCUT2D eigenvalue weighted by Crippen LogP contribution is 2.17. The summed E-state index contributed by atoms with van der Waals surface area (Å²) < 4.78 is 1.12. The van der Waals surface area contributed by atoms with Gasteiger partial charge in [0.2, 0.25) is 5.91 Å². The third kappa shape index (κ3) is 4.83. The average Bonchev–Trinajstić information content (AvgIpc) is 2.41. The summed E-state index contributed by atoms with van der Waals surface area (Å²) in [5.74, 6) is 1.39. The minimum atomic E-state index is 0.0468. The van der Waals surface area contributed by atoms with Gasteiger partial charge >= 0.3 is 0 Å². The Bertz CT molecular complexity index is 601. The van der Waals surface area contributed by atoms with Crippen molar-refractivity contribution in [1.29, 1.82) is 0 Å². The number of amides is 1. The zero-order valence-electron chi connectivity index (χ0n) is 11.2. The highest BCUT2D eigenvalue weighted by Gasteiger charge is 2.04. The van der Waals surface area contributed by atoms with Gasteiger partial charge in [-0.25, -0.2) is 0 Å². The number of anilines is 1. The molecule has 0 aromatic heterocycles. The molecule has 2 aromatic rings. The van der Waals surface area contributed by atoms with Gasteiger partial charge < -0.3 is 5.32 Å². The summed E-state index contributed by atoms with van der Waals surface area (Å²) in [6.07, 6.45) is 0. The van der Waals surface area contributed by atoms with Gasteiger partial charge in [0, 0.05) is 15.0 Å². The van der Waals surface area contributed by atoms with Crippen LogP contribution >= 0.6 is 34.4 Å². The first-order valence-corrected chi connectivity index (χ1v) is 8.56. The molecule has 0 fully saturated rings. The second kappa shape index (κ2) is 7.69. The lowest BCUT2D eigenvalue weighted by atomic mass is 10.1. The molecule has 4 heteroatoms. The second-order valence-corrected chi connectivity index (χ2v) is 6.71. The van der Waals surface area contributed by atoms with Crippen LogP contribution in [0.2, 0.25) is 0 Å². The molecule has 2 rings (SSSR count). The maximum Gasteiger partial charge on any atom is 0.234 e. The Morgan fingerprint density at radius 3 is 2.75 bits per heavy atom. The van der Waals surface area contributed by atoms with E-state index in [9.17, 15) is 4.79 Å². The Morgan fingerprint density at radius 2 is 2.00 bits per heavy atom. The Balaban J connectivity index is 1.80. The molecule has 0 unspecified atom stereocenters. The van der Waals surface area contributed by atoms with Crippen LogP contribution in [0, 0.1) is 10.5 Å². The third-order valence-corrected chi connectivity index (χ3v) is 4.51. The number of carbonyl (C=O) groups excluding carboxylic acids is 1. The lowest BCUT2D eigenvalue weighted by Crippen LogP contribution is -2.14. The van der Waals surface area contributed by atoms with E-state index >= 15 is 0 Å². The first-order chi connectivity index (χ1) is 9.65. The summed E-state index contributed by atoms with van der Waals surface area (Å²) in [5, 5.41) is 2.92. The molecule has 0 bridgehead atoms. The fraction of sp³-hybridized carbons (Fsp3) is 0.188. The van der Waals surface area contributed by atoms with E-state index in [0.717, 1.165) is 15.0 Å². The Labute approximate surface area is 137 Å². The maximum atomic E-state index is 11.9. The van der Waals surface area contributed by atoms with E-state index in [1.807, 2.05) is 36.4 Å². The normalized spacial score (nSPS) is 10.3.